The van der Waals surface area contributed by atoms with E-state index < -0.39 is 6.29 Å². The summed E-state index contributed by atoms with van der Waals surface area (Å²) >= 11 is 0. The van der Waals surface area contributed by atoms with Crippen molar-refractivity contribution in [2.75, 3.05) is 7.11 Å². The fourth-order valence-electron chi connectivity index (χ4n) is 5.04. The predicted molar refractivity (Wildman–Crippen MR) is 110 cm³/mol. The lowest BCUT2D eigenvalue weighted by atomic mass is 9.79. The fraction of sp³-hybridized carbons (Fsp3) is 0.440. The highest BCUT2D eigenvalue weighted by Gasteiger charge is 2.70. The van der Waals surface area contributed by atoms with Crippen LogP contribution in [0.4, 0.5) is 0 Å². The molecule has 1 spiro atoms. The summed E-state index contributed by atoms with van der Waals surface area (Å²) in [6.07, 6.45) is 5.94. The number of ether oxygens (including phenoxy) is 4. The zero-order chi connectivity index (χ0) is 19.7. The molecule has 2 aromatic carbocycles. The van der Waals surface area contributed by atoms with Crippen molar-refractivity contribution in [3.8, 4) is 0 Å². The summed E-state index contributed by atoms with van der Waals surface area (Å²) in [4.78, 5) is 0. The van der Waals surface area contributed by atoms with E-state index in [0.717, 1.165) is 18.4 Å². The van der Waals surface area contributed by atoms with E-state index in [1.807, 2.05) is 36.4 Å². The smallest absolute Gasteiger partial charge is 0.186 e. The lowest BCUT2D eigenvalue weighted by Crippen LogP contribution is -2.59. The van der Waals surface area contributed by atoms with Gasteiger partial charge in [0.05, 0.1) is 25.4 Å². The van der Waals surface area contributed by atoms with Crippen molar-refractivity contribution in [2.45, 2.75) is 50.7 Å². The quantitative estimate of drug-likeness (QED) is 0.651. The first-order valence-electron chi connectivity index (χ1n) is 10.5. The van der Waals surface area contributed by atoms with Crippen LogP contribution in [0.2, 0.25) is 0 Å². The number of hydrogen-bond acceptors (Lipinski definition) is 4. The van der Waals surface area contributed by atoms with Crippen LogP contribution in [0.25, 0.3) is 0 Å². The number of rotatable bonds is 7. The van der Waals surface area contributed by atoms with Gasteiger partial charge in [-0.3, -0.25) is 0 Å². The van der Waals surface area contributed by atoms with Crippen LogP contribution in [0.1, 0.15) is 24.0 Å². The number of benzene rings is 2. The molecule has 1 heterocycles. The maximum Gasteiger partial charge on any atom is 0.186 e. The van der Waals surface area contributed by atoms with E-state index in [2.05, 4.69) is 36.4 Å². The Hall–Kier alpha value is -1.98. The Labute approximate surface area is 172 Å². The molecule has 152 valence electrons. The minimum Gasteiger partial charge on any atom is -0.370 e. The average Bonchev–Trinajstić information content (AvgIpc) is 3.52. The van der Waals surface area contributed by atoms with Gasteiger partial charge in [0.15, 0.2) is 6.29 Å². The van der Waals surface area contributed by atoms with E-state index in [0.29, 0.717) is 19.1 Å². The van der Waals surface area contributed by atoms with Crippen molar-refractivity contribution in [1.82, 2.24) is 0 Å². The molecule has 29 heavy (non-hydrogen) atoms. The predicted octanol–water partition coefficient (Wildman–Crippen LogP) is 4.49. The standard InChI is InChI=1S/C25H28O4/c1-26-24-22(27-16-18-9-4-2-5-10-18)23(28-17-19-11-6-3-7-12-19)25-15-20(25)13-8-14-21(25)29-24/h2-13,20-24H,14-17H2,1H3/t20-,21+,22+,23+,24-,25-/m0/s1. The monoisotopic (exact) mass is 392 g/mol. The van der Waals surface area contributed by atoms with Gasteiger partial charge in [0.25, 0.3) is 0 Å². The van der Waals surface area contributed by atoms with Crippen molar-refractivity contribution in [1.29, 1.82) is 0 Å². The average molecular weight is 392 g/mol. The summed E-state index contributed by atoms with van der Waals surface area (Å²) in [5.41, 5.74) is 2.31. The molecule has 2 aliphatic carbocycles. The zero-order valence-electron chi connectivity index (χ0n) is 16.8. The molecule has 0 radical (unpaired) electrons. The molecule has 1 saturated carbocycles. The summed E-state index contributed by atoms with van der Waals surface area (Å²) in [6, 6.07) is 20.6. The number of methoxy groups -OCH3 is 1. The Morgan fingerprint density at radius 1 is 0.931 bits per heavy atom. The van der Waals surface area contributed by atoms with Gasteiger partial charge in [-0.05, 0) is 29.9 Å². The molecule has 1 saturated heterocycles. The molecule has 0 N–H and O–H groups in total. The molecular weight excluding hydrogens is 364 g/mol. The Morgan fingerprint density at radius 2 is 1.59 bits per heavy atom. The number of hydrogen-bond donors (Lipinski definition) is 0. The maximum atomic E-state index is 6.60. The molecule has 0 bridgehead atoms. The Balaban J connectivity index is 1.40. The molecule has 6 atom stereocenters. The summed E-state index contributed by atoms with van der Waals surface area (Å²) in [5, 5.41) is 0. The molecule has 3 aliphatic rings. The third-order valence-electron chi connectivity index (χ3n) is 6.61. The Kier molecular flexibility index (Phi) is 5.27. The minimum absolute atomic E-state index is 0.0000844. The second-order valence-corrected chi connectivity index (χ2v) is 8.29. The summed E-state index contributed by atoms with van der Waals surface area (Å²) < 4.78 is 25.1. The molecule has 4 heteroatoms. The molecule has 0 aromatic heterocycles. The first-order valence-corrected chi connectivity index (χ1v) is 10.5. The molecule has 5 rings (SSSR count). The van der Waals surface area contributed by atoms with Crippen molar-refractivity contribution in [3.05, 3.63) is 83.9 Å². The lowest BCUT2D eigenvalue weighted by Gasteiger charge is -2.48. The van der Waals surface area contributed by atoms with Gasteiger partial charge < -0.3 is 18.9 Å². The topological polar surface area (TPSA) is 36.9 Å². The summed E-state index contributed by atoms with van der Waals surface area (Å²) in [7, 11) is 1.69. The second kappa shape index (κ2) is 8.04. The highest BCUT2D eigenvalue weighted by molar-refractivity contribution is 5.26. The number of allylic oxidation sites excluding steroid dienone is 1. The molecule has 0 amide bonds. The molecule has 0 unspecified atom stereocenters. The van der Waals surface area contributed by atoms with Crippen LogP contribution < -0.4 is 0 Å². The van der Waals surface area contributed by atoms with Crippen molar-refractivity contribution >= 4 is 0 Å². The van der Waals surface area contributed by atoms with Crippen LogP contribution >= 0.6 is 0 Å². The van der Waals surface area contributed by atoms with Crippen LogP contribution in [0, 0.1) is 11.3 Å². The first kappa shape index (κ1) is 19.0. The van der Waals surface area contributed by atoms with E-state index in [-0.39, 0.29) is 23.7 Å². The van der Waals surface area contributed by atoms with E-state index in [1.165, 1.54) is 5.56 Å². The van der Waals surface area contributed by atoms with E-state index in [9.17, 15) is 0 Å². The molecule has 2 fully saturated rings. The Bertz CT molecular complexity index is 836. The SMILES string of the molecule is CO[C@H]1O[C@@H]2CC=C[C@H]3C[C@]32[C@H](OCc2ccccc2)[C@H]1OCc1ccccc1. The molecule has 4 nitrogen and oxygen atoms in total. The van der Waals surface area contributed by atoms with Crippen molar-refractivity contribution < 1.29 is 18.9 Å². The van der Waals surface area contributed by atoms with Crippen LogP contribution in [-0.2, 0) is 32.2 Å². The van der Waals surface area contributed by atoms with Gasteiger partial charge in [0.2, 0.25) is 0 Å². The third kappa shape index (κ3) is 3.55. The van der Waals surface area contributed by atoms with E-state index in [1.54, 1.807) is 7.11 Å². The second-order valence-electron chi connectivity index (χ2n) is 8.29. The van der Waals surface area contributed by atoms with Gasteiger partial charge in [0, 0.05) is 12.5 Å². The van der Waals surface area contributed by atoms with Crippen LogP contribution in [-0.4, -0.2) is 31.7 Å². The largest absolute Gasteiger partial charge is 0.370 e. The van der Waals surface area contributed by atoms with Gasteiger partial charge in [-0.2, -0.15) is 0 Å². The molecule has 1 aliphatic heterocycles. The van der Waals surface area contributed by atoms with Crippen LogP contribution in [0.3, 0.4) is 0 Å². The highest BCUT2D eigenvalue weighted by atomic mass is 16.7. The first-order chi connectivity index (χ1) is 14.3. The minimum atomic E-state index is -0.428. The van der Waals surface area contributed by atoms with Gasteiger partial charge >= 0.3 is 0 Å². The lowest BCUT2D eigenvalue weighted by molar-refractivity contribution is -0.308. The summed E-state index contributed by atoms with van der Waals surface area (Å²) in [6.45, 7) is 1.08. The maximum absolute atomic E-state index is 6.60. The third-order valence-corrected chi connectivity index (χ3v) is 6.61. The van der Waals surface area contributed by atoms with E-state index >= 15 is 0 Å². The zero-order valence-corrected chi connectivity index (χ0v) is 16.8. The fourth-order valence-corrected chi connectivity index (χ4v) is 5.04. The summed E-state index contributed by atoms with van der Waals surface area (Å²) in [5.74, 6) is 0.502. The van der Waals surface area contributed by atoms with Crippen molar-refractivity contribution in [2.24, 2.45) is 11.3 Å². The van der Waals surface area contributed by atoms with Gasteiger partial charge in [0.1, 0.15) is 6.10 Å². The molecule has 2 aromatic rings. The van der Waals surface area contributed by atoms with Gasteiger partial charge in [-0.15, -0.1) is 0 Å². The normalized spacial score (nSPS) is 35.0. The highest BCUT2D eigenvalue weighted by Crippen LogP contribution is 2.65. The van der Waals surface area contributed by atoms with E-state index in [4.69, 9.17) is 18.9 Å². The van der Waals surface area contributed by atoms with Crippen molar-refractivity contribution in [3.63, 3.8) is 0 Å². The van der Waals surface area contributed by atoms with Gasteiger partial charge in [-0.1, -0.05) is 72.8 Å². The molecular formula is C25H28O4. The van der Waals surface area contributed by atoms with Crippen LogP contribution in [0.15, 0.2) is 72.8 Å². The van der Waals surface area contributed by atoms with Crippen LogP contribution in [0.5, 0.6) is 0 Å². The Morgan fingerprint density at radius 3 is 2.24 bits per heavy atom. The van der Waals surface area contributed by atoms with Gasteiger partial charge in [-0.25, -0.2) is 0 Å².